The summed E-state index contributed by atoms with van der Waals surface area (Å²) >= 11 is 0. The van der Waals surface area contributed by atoms with Crippen LogP contribution in [0, 0.1) is 17.3 Å². The molecule has 0 spiro atoms. The van der Waals surface area contributed by atoms with Crippen LogP contribution in [-0.2, 0) is 4.74 Å². The van der Waals surface area contributed by atoms with Crippen molar-refractivity contribution in [2.45, 2.75) is 47.1 Å². The summed E-state index contributed by atoms with van der Waals surface area (Å²) in [5, 5.41) is 0. The van der Waals surface area contributed by atoms with Gasteiger partial charge < -0.3 is 4.74 Å². The summed E-state index contributed by atoms with van der Waals surface area (Å²) in [6.07, 6.45) is 1.73. The zero-order valence-corrected chi connectivity index (χ0v) is 9.05. The lowest BCUT2D eigenvalue weighted by Gasteiger charge is -2.32. The van der Waals surface area contributed by atoms with Gasteiger partial charge in [-0.3, -0.25) is 0 Å². The molecule has 0 aliphatic carbocycles. The Kier molecular flexibility index (Phi) is 2.82. The first kappa shape index (κ1) is 10.0. The number of rotatable bonds is 1. The molecule has 1 saturated heterocycles. The molecule has 1 fully saturated rings. The lowest BCUT2D eigenvalue weighted by atomic mass is 9.74. The van der Waals surface area contributed by atoms with Gasteiger partial charge in [-0.1, -0.05) is 34.6 Å². The van der Waals surface area contributed by atoms with Gasteiger partial charge in [0.05, 0.1) is 6.10 Å². The van der Waals surface area contributed by atoms with Crippen molar-refractivity contribution in [3.8, 4) is 0 Å². The first-order valence-electron chi connectivity index (χ1n) is 5.04. The van der Waals surface area contributed by atoms with Gasteiger partial charge in [-0.2, -0.15) is 0 Å². The Balaban J connectivity index is 2.64. The van der Waals surface area contributed by atoms with E-state index >= 15 is 0 Å². The molecule has 0 amide bonds. The Hall–Kier alpha value is -0.0400. The van der Waals surface area contributed by atoms with Gasteiger partial charge in [0, 0.05) is 6.61 Å². The molecule has 0 aromatic rings. The molecule has 72 valence electrons. The van der Waals surface area contributed by atoms with E-state index in [1.807, 2.05) is 0 Å². The molecule has 0 saturated carbocycles. The fraction of sp³-hybridized carbons (Fsp3) is 1.00. The van der Waals surface area contributed by atoms with Gasteiger partial charge in [0.2, 0.25) is 0 Å². The second kappa shape index (κ2) is 3.37. The zero-order valence-electron chi connectivity index (χ0n) is 9.05. The molecule has 1 aliphatic rings. The van der Waals surface area contributed by atoms with Crippen LogP contribution in [0.2, 0.25) is 0 Å². The predicted octanol–water partition coefficient (Wildman–Crippen LogP) is 3.09. The Morgan fingerprint density at radius 1 is 1.25 bits per heavy atom. The van der Waals surface area contributed by atoms with Gasteiger partial charge in [-0.15, -0.1) is 0 Å². The van der Waals surface area contributed by atoms with Gasteiger partial charge in [0.25, 0.3) is 0 Å². The van der Waals surface area contributed by atoms with Gasteiger partial charge in [0.15, 0.2) is 0 Å². The minimum absolute atomic E-state index is 0.408. The molecule has 0 aromatic heterocycles. The van der Waals surface area contributed by atoms with Crippen LogP contribution in [0.1, 0.15) is 41.0 Å². The Labute approximate surface area is 76.5 Å². The summed E-state index contributed by atoms with van der Waals surface area (Å²) in [5.74, 6) is 1.41. The van der Waals surface area contributed by atoms with E-state index in [-0.39, 0.29) is 0 Å². The summed E-state index contributed by atoms with van der Waals surface area (Å²) in [7, 11) is 0. The molecule has 2 atom stereocenters. The maximum Gasteiger partial charge on any atom is 0.0631 e. The normalized spacial score (nSPS) is 31.5. The average Bonchev–Trinajstić information content (AvgIpc) is 2.30. The number of ether oxygens (including phenoxy) is 1. The van der Waals surface area contributed by atoms with E-state index in [0.29, 0.717) is 17.4 Å². The van der Waals surface area contributed by atoms with Crippen LogP contribution in [0.25, 0.3) is 0 Å². The van der Waals surface area contributed by atoms with Crippen molar-refractivity contribution in [1.29, 1.82) is 0 Å². The van der Waals surface area contributed by atoms with Crippen LogP contribution in [0.15, 0.2) is 0 Å². The molecule has 12 heavy (non-hydrogen) atoms. The molecule has 0 bridgehead atoms. The quantitative estimate of drug-likeness (QED) is 0.587. The Bertz CT molecular complexity index is 144. The van der Waals surface area contributed by atoms with Crippen molar-refractivity contribution < 1.29 is 4.74 Å². The standard InChI is InChI=1S/C11H22O/c1-8(2)10-9(6-7-12-10)11(3,4)5/h8-10H,6-7H2,1-5H3. The maximum atomic E-state index is 5.75. The molecular weight excluding hydrogens is 148 g/mol. The average molecular weight is 170 g/mol. The Morgan fingerprint density at radius 3 is 2.17 bits per heavy atom. The molecule has 1 nitrogen and oxygen atoms in total. The van der Waals surface area contributed by atoms with E-state index in [2.05, 4.69) is 34.6 Å². The largest absolute Gasteiger partial charge is 0.378 e. The van der Waals surface area contributed by atoms with Crippen molar-refractivity contribution in [3.63, 3.8) is 0 Å². The molecule has 0 N–H and O–H groups in total. The van der Waals surface area contributed by atoms with Gasteiger partial charge in [-0.25, -0.2) is 0 Å². The smallest absolute Gasteiger partial charge is 0.0631 e. The van der Waals surface area contributed by atoms with Crippen LogP contribution < -0.4 is 0 Å². The van der Waals surface area contributed by atoms with E-state index in [1.54, 1.807) is 0 Å². The second-order valence-corrected chi connectivity index (χ2v) is 5.34. The van der Waals surface area contributed by atoms with Gasteiger partial charge >= 0.3 is 0 Å². The van der Waals surface area contributed by atoms with Crippen LogP contribution in [0.5, 0.6) is 0 Å². The second-order valence-electron chi connectivity index (χ2n) is 5.34. The van der Waals surface area contributed by atoms with Crippen LogP contribution in [0.4, 0.5) is 0 Å². The van der Waals surface area contributed by atoms with Crippen molar-refractivity contribution in [2.24, 2.45) is 17.3 Å². The first-order valence-corrected chi connectivity index (χ1v) is 5.04. The molecule has 0 radical (unpaired) electrons. The highest BCUT2D eigenvalue weighted by molar-refractivity contribution is 4.86. The van der Waals surface area contributed by atoms with Gasteiger partial charge in [0.1, 0.15) is 0 Å². The molecule has 1 rings (SSSR count). The molecular formula is C11H22O. The van der Waals surface area contributed by atoms with E-state index in [4.69, 9.17) is 4.74 Å². The third-order valence-electron chi connectivity index (χ3n) is 2.91. The zero-order chi connectivity index (χ0) is 9.35. The van der Waals surface area contributed by atoms with E-state index in [9.17, 15) is 0 Å². The lowest BCUT2D eigenvalue weighted by molar-refractivity contribution is 0.0249. The summed E-state index contributed by atoms with van der Waals surface area (Å²) in [4.78, 5) is 0. The number of hydrogen-bond acceptors (Lipinski definition) is 1. The highest BCUT2D eigenvalue weighted by Crippen LogP contribution is 2.39. The summed E-state index contributed by atoms with van der Waals surface area (Å²) in [5.41, 5.74) is 0.408. The minimum atomic E-state index is 0.408. The highest BCUT2D eigenvalue weighted by atomic mass is 16.5. The van der Waals surface area contributed by atoms with Crippen molar-refractivity contribution in [2.75, 3.05) is 6.61 Å². The fourth-order valence-corrected chi connectivity index (χ4v) is 2.19. The highest BCUT2D eigenvalue weighted by Gasteiger charge is 2.38. The molecule has 1 heterocycles. The summed E-state index contributed by atoms with van der Waals surface area (Å²) < 4.78 is 5.75. The van der Waals surface area contributed by atoms with Crippen molar-refractivity contribution in [3.05, 3.63) is 0 Å². The van der Waals surface area contributed by atoms with Gasteiger partial charge in [-0.05, 0) is 23.7 Å². The van der Waals surface area contributed by atoms with Crippen LogP contribution in [0.3, 0.4) is 0 Å². The van der Waals surface area contributed by atoms with E-state index < -0.39 is 0 Å². The molecule has 2 unspecified atom stereocenters. The predicted molar refractivity (Wildman–Crippen MR) is 52.1 cm³/mol. The Morgan fingerprint density at radius 2 is 1.83 bits per heavy atom. The number of hydrogen-bond donors (Lipinski definition) is 0. The van der Waals surface area contributed by atoms with Crippen LogP contribution >= 0.6 is 0 Å². The molecule has 1 heteroatoms. The monoisotopic (exact) mass is 170 g/mol. The van der Waals surface area contributed by atoms with E-state index in [1.165, 1.54) is 6.42 Å². The van der Waals surface area contributed by atoms with Crippen LogP contribution in [-0.4, -0.2) is 12.7 Å². The third kappa shape index (κ3) is 2.01. The minimum Gasteiger partial charge on any atom is -0.378 e. The summed E-state index contributed by atoms with van der Waals surface area (Å²) in [6.45, 7) is 12.4. The molecule has 0 aromatic carbocycles. The SMILES string of the molecule is CC(C)C1OCCC1C(C)(C)C. The molecule has 1 aliphatic heterocycles. The van der Waals surface area contributed by atoms with E-state index in [0.717, 1.165) is 12.5 Å². The van der Waals surface area contributed by atoms with Crippen molar-refractivity contribution >= 4 is 0 Å². The topological polar surface area (TPSA) is 9.23 Å². The van der Waals surface area contributed by atoms with Crippen molar-refractivity contribution in [1.82, 2.24) is 0 Å². The summed E-state index contributed by atoms with van der Waals surface area (Å²) in [6, 6.07) is 0. The maximum absolute atomic E-state index is 5.75. The first-order chi connectivity index (χ1) is 5.43. The lowest BCUT2D eigenvalue weighted by Crippen LogP contribution is -2.32. The fourth-order valence-electron chi connectivity index (χ4n) is 2.19. The third-order valence-corrected chi connectivity index (χ3v) is 2.91.